The van der Waals surface area contributed by atoms with Crippen LogP contribution in [0.5, 0.6) is 0 Å². The fraction of sp³-hybridized carbons (Fsp3) is 0.647. The molecule has 0 aromatic heterocycles. The van der Waals surface area contributed by atoms with Crippen molar-refractivity contribution in [2.45, 2.75) is 63.3 Å². The summed E-state index contributed by atoms with van der Waals surface area (Å²) in [5, 5.41) is 0. The lowest BCUT2D eigenvalue weighted by atomic mass is 9.75. The van der Waals surface area contributed by atoms with Gasteiger partial charge in [0.15, 0.2) is 0 Å². The molecule has 0 bridgehead atoms. The number of nitrogens with two attached hydrogens (primary N) is 1. The van der Waals surface area contributed by atoms with Crippen molar-refractivity contribution in [1.29, 1.82) is 0 Å². The Kier molecular flexibility index (Phi) is 3.19. The molecule has 0 heterocycles. The zero-order valence-corrected chi connectivity index (χ0v) is 11.5. The predicted molar refractivity (Wildman–Crippen MR) is 76.7 cm³/mol. The lowest BCUT2D eigenvalue weighted by molar-refractivity contribution is 0.339. The Morgan fingerprint density at radius 1 is 1.28 bits per heavy atom. The van der Waals surface area contributed by atoms with E-state index in [9.17, 15) is 0 Å². The first-order valence-electron chi connectivity index (χ1n) is 7.53. The van der Waals surface area contributed by atoms with E-state index in [-0.39, 0.29) is 5.54 Å². The van der Waals surface area contributed by atoms with Crippen molar-refractivity contribution in [3.8, 4) is 0 Å². The maximum atomic E-state index is 6.64. The van der Waals surface area contributed by atoms with Gasteiger partial charge in [-0.25, -0.2) is 0 Å². The minimum absolute atomic E-state index is 0.120. The van der Waals surface area contributed by atoms with Crippen molar-refractivity contribution in [2.75, 3.05) is 0 Å². The Balaban J connectivity index is 1.78. The highest BCUT2D eigenvalue weighted by Crippen LogP contribution is 2.42. The van der Waals surface area contributed by atoms with Crippen molar-refractivity contribution in [1.82, 2.24) is 0 Å². The molecular weight excluding hydrogens is 218 g/mol. The summed E-state index contributed by atoms with van der Waals surface area (Å²) < 4.78 is 0. The molecule has 0 aliphatic heterocycles. The fourth-order valence-corrected chi connectivity index (χ4v) is 4.17. The minimum atomic E-state index is 0.120. The molecule has 18 heavy (non-hydrogen) atoms. The first kappa shape index (κ1) is 12.2. The lowest BCUT2D eigenvalue weighted by Gasteiger charge is -2.33. The third-order valence-electron chi connectivity index (χ3n) is 5.04. The average molecular weight is 243 g/mol. The summed E-state index contributed by atoms with van der Waals surface area (Å²) in [6.45, 7) is 2.35. The SMILES string of the molecule is CC1CCC(N)(CC2CCCc3ccccc32)C1. The van der Waals surface area contributed by atoms with Crippen LogP contribution in [0.15, 0.2) is 24.3 Å². The van der Waals surface area contributed by atoms with Crippen LogP contribution in [0.1, 0.15) is 62.5 Å². The summed E-state index contributed by atoms with van der Waals surface area (Å²) in [5.74, 6) is 1.54. The average Bonchev–Trinajstić information content (AvgIpc) is 2.70. The lowest BCUT2D eigenvalue weighted by Crippen LogP contribution is -2.39. The molecule has 1 saturated carbocycles. The quantitative estimate of drug-likeness (QED) is 0.834. The molecule has 2 aliphatic rings. The Bertz CT molecular complexity index is 425. The highest BCUT2D eigenvalue weighted by atomic mass is 14.8. The summed E-state index contributed by atoms with van der Waals surface area (Å²) in [4.78, 5) is 0. The smallest absolute Gasteiger partial charge is 0.0162 e. The minimum Gasteiger partial charge on any atom is -0.325 e. The molecule has 1 nitrogen and oxygen atoms in total. The molecule has 0 amide bonds. The molecule has 0 radical (unpaired) electrons. The van der Waals surface area contributed by atoms with E-state index in [0.29, 0.717) is 5.92 Å². The van der Waals surface area contributed by atoms with Crippen molar-refractivity contribution in [2.24, 2.45) is 11.7 Å². The summed E-state index contributed by atoms with van der Waals surface area (Å²) in [6.07, 6.45) is 8.93. The van der Waals surface area contributed by atoms with Crippen LogP contribution in [0.3, 0.4) is 0 Å². The van der Waals surface area contributed by atoms with Gasteiger partial charge in [-0.3, -0.25) is 0 Å². The number of rotatable bonds is 2. The van der Waals surface area contributed by atoms with Gasteiger partial charge in [0, 0.05) is 5.54 Å². The summed E-state index contributed by atoms with van der Waals surface area (Å²) >= 11 is 0. The third kappa shape index (κ3) is 2.33. The molecule has 1 heteroatoms. The number of aryl methyl sites for hydroxylation is 1. The molecule has 1 fully saturated rings. The molecule has 3 unspecified atom stereocenters. The summed E-state index contributed by atoms with van der Waals surface area (Å²) in [5.41, 5.74) is 9.92. The van der Waals surface area contributed by atoms with E-state index >= 15 is 0 Å². The molecule has 0 saturated heterocycles. The molecule has 0 spiro atoms. The number of hydrogen-bond acceptors (Lipinski definition) is 1. The summed E-state index contributed by atoms with van der Waals surface area (Å²) in [7, 11) is 0. The van der Waals surface area contributed by atoms with Gasteiger partial charge in [-0.1, -0.05) is 31.2 Å². The van der Waals surface area contributed by atoms with Crippen LogP contribution in [0.25, 0.3) is 0 Å². The van der Waals surface area contributed by atoms with Crippen molar-refractivity contribution in [3.63, 3.8) is 0 Å². The van der Waals surface area contributed by atoms with Crippen LogP contribution < -0.4 is 5.73 Å². The fourth-order valence-electron chi connectivity index (χ4n) is 4.17. The maximum absolute atomic E-state index is 6.64. The highest BCUT2D eigenvalue weighted by Gasteiger charge is 2.36. The molecule has 3 atom stereocenters. The van der Waals surface area contributed by atoms with Gasteiger partial charge < -0.3 is 5.73 Å². The number of fused-ring (bicyclic) bond motifs is 1. The van der Waals surface area contributed by atoms with E-state index in [2.05, 4.69) is 31.2 Å². The van der Waals surface area contributed by atoms with E-state index in [0.717, 1.165) is 5.92 Å². The van der Waals surface area contributed by atoms with Gasteiger partial charge in [0.2, 0.25) is 0 Å². The van der Waals surface area contributed by atoms with Crippen LogP contribution in [-0.4, -0.2) is 5.54 Å². The van der Waals surface area contributed by atoms with Gasteiger partial charge in [0.1, 0.15) is 0 Å². The molecular formula is C17H25N. The predicted octanol–water partition coefficient (Wildman–Crippen LogP) is 4.01. The zero-order valence-electron chi connectivity index (χ0n) is 11.5. The highest BCUT2D eigenvalue weighted by molar-refractivity contribution is 5.33. The molecule has 3 rings (SSSR count). The van der Waals surface area contributed by atoms with E-state index in [1.807, 2.05) is 0 Å². The topological polar surface area (TPSA) is 26.0 Å². The van der Waals surface area contributed by atoms with Crippen molar-refractivity contribution in [3.05, 3.63) is 35.4 Å². The molecule has 1 aromatic carbocycles. The first-order chi connectivity index (χ1) is 8.66. The standard InChI is InChI=1S/C17H25N/c1-13-9-10-17(18,11-13)12-15-7-4-6-14-5-2-3-8-16(14)15/h2-3,5,8,13,15H,4,6-7,9-12,18H2,1H3. The van der Waals surface area contributed by atoms with Crippen molar-refractivity contribution >= 4 is 0 Å². The second-order valence-electron chi connectivity index (χ2n) is 6.70. The van der Waals surface area contributed by atoms with Gasteiger partial charge in [0.25, 0.3) is 0 Å². The number of benzene rings is 1. The molecule has 2 N–H and O–H groups in total. The Morgan fingerprint density at radius 2 is 2.11 bits per heavy atom. The second kappa shape index (κ2) is 4.70. The Hall–Kier alpha value is -0.820. The van der Waals surface area contributed by atoms with Crippen LogP contribution in [0, 0.1) is 5.92 Å². The molecule has 98 valence electrons. The Labute approximate surface area is 111 Å². The van der Waals surface area contributed by atoms with Crippen LogP contribution >= 0.6 is 0 Å². The van der Waals surface area contributed by atoms with E-state index < -0.39 is 0 Å². The largest absolute Gasteiger partial charge is 0.325 e. The van der Waals surface area contributed by atoms with Gasteiger partial charge in [-0.2, -0.15) is 0 Å². The third-order valence-corrected chi connectivity index (χ3v) is 5.04. The van der Waals surface area contributed by atoms with E-state index in [1.54, 1.807) is 11.1 Å². The maximum Gasteiger partial charge on any atom is 0.0162 e. The molecule has 1 aromatic rings. The number of hydrogen-bond donors (Lipinski definition) is 1. The van der Waals surface area contributed by atoms with Gasteiger partial charge in [-0.15, -0.1) is 0 Å². The van der Waals surface area contributed by atoms with E-state index in [1.165, 1.54) is 44.9 Å². The van der Waals surface area contributed by atoms with Gasteiger partial charge in [-0.05, 0) is 67.9 Å². The van der Waals surface area contributed by atoms with Crippen LogP contribution in [-0.2, 0) is 6.42 Å². The van der Waals surface area contributed by atoms with Crippen LogP contribution in [0.2, 0.25) is 0 Å². The van der Waals surface area contributed by atoms with E-state index in [4.69, 9.17) is 5.73 Å². The normalized spacial score (nSPS) is 35.4. The zero-order chi connectivity index (χ0) is 12.6. The van der Waals surface area contributed by atoms with Crippen LogP contribution in [0.4, 0.5) is 0 Å². The monoisotopic (exact) mass is 243 g/mol. The second-order valence-corrected chi connectivity index (χ2v) is 6.70. The van der Waals surface area contributed by atoms with Gasteiger partial charge in [0.05, 0.1) is 0 Å². The van der Waals surface area contributed by atoms with Gasteiger partial charge >= 0.3 is 0 Å². The summed E-state index contributed by atoms with van der Waals surface area (Å²) in [6, 6.07) is 9.01. The molecule has 2 aliphatic carbocycles. The Morgan fingerprint density at radius 3 is 2.89 bits per heavy atom. The van der Waals surface area contributed by atoms with Crippen molar-refractivity contribution < 1.29 is 0 Å². The first-order valence-corrected chi connectivity index (χ1v) is 7.53.